The van der Waals surface area contributed by atoms with Gasteiger partial charge in [-0.3, -0.25) is 4.79 Å². The number of esters is 1. The van der Waals surface area contributed by atoms with E-state index in [1.807, 2.05) is 0 Å². The maximum Gasteiger partial charge on any atom is 0.312 e. The molecule has 4 N–H and O–H groups in total. The molecule has 0 amide bonds. The third kappa shape index (κ3) is 4.69. The topological polar surface area (TPSA) is 126 Å². The molecule has 1 heterocycles. The minimum absolute atomic E-state index is 0.00614. The fourth-order valence-corrected chi connectivity index (χ4v) is 12.4. The Morgan fingerprint density at radius 3 is 2.24 bits per heavy atom. The predicted octanol–water partition coefficient (Wildman–Crippen LogP) is 5.15. The third-order valence-electron chi connectivity index (χ3n) is 15.3. The zero-order valence-electron chi connectivity index (χ0n) is 29.0. The molecule has 45 heavy (non-hydrogen) atoms. The lowest BCUT2D eigenvalue weighted by molar-refractivity contribution is -0.330. The fraction of sp³-hybridized carbons (Fsp3) is 0.919. The number of rotatable bonds is 4. The number of aliphatic hydroxyl groups excluding tert-OH is 4. The molecule has 0 unspecified atom stereocenters. The van der Waals surface area contributed by atoms with Gasteiger partial charge in [0.25, 0.3) is 0 Å². The Kier molecular flexibility index (Phi) is 8.27. The van der Waals surface area contributed by atoms with E-state index in [0.29, 0.717) is 11.8 Å². The Morgan fingerprint density at radius 2 is 1.58 bits per heavy atom. The van der Waals surface area contributed by atoms with Crippen LogP contribution in [0.2, 0.25) is 0 Å². The molecule has 0 aromatic carbocycles. The minimum atomic E-state index is -1.44. The highest BCUT2D eigenvalue weighted by molar-refractivity contribution is 5.78. The van der Waals surface area contributed by atoms with Gasteiger partial charge in [0.1, 0.15) is 24.4 Å². The van der Waals surface area contributed by atoms with Crippen molar-refractivity contribution in [3.8, 4) is 0 Å². The van der Waals surface area contributed by atoms with Gasteiger partial charge in [-0.05, 0) is 109 Å². The van der Waals surface area contributed by atoms with Crippen LogP contribution in [0.15, 0.2) is 11.6 Å². The van der Waals surface area contributed by atoms with Gasteiger partial charge in [0.15, 0.2) is 6.29 Å². The summed E-state index contributed by atoms with van der Waals surface area (Å²) < 4.78 is 17.8. The molecule has 4 saturated carbocycles. The fourth-order valence-electron chi connectivity index (χ4n) is 12.4. The number of fused-ring (bicyclic) bond motifs is 7. The van der Waals surface area contributed by atoms with E-state index in [2.05, 4.69) is 54.5 Å². The number of hydrogen-bond donors (Lipinski definition) is 4. The molecule has 6 aliphatic rings. The van der Waals surface area contributed by atoms with Crippen LogP contribution in [0.4, 0.5) is 0 Å². The number of carbonyl (C=O) groups excluding carboxylic acids is 1. The molecule has 5 aliphatic carbocycles. The van der Waals surface area contributed by atoms with E-state index in [1.54, 1.807) is 7.11 Å². The first-order valence-corrected chi connectivity index (χ1v) is 17.7. The largest absolute Gasteiger partial charge is 0.469 e. The van der Waals surface area contributed by atoms with Gasteiger partial charge in [-0.15, -0.1) is 0 Å². The molecule has 0 bridgehead atoms. The number of methoxy groups -OCH3 is 1. The maximum absolute atomic E-state index is 13.5. The van der Waals surface area contributed by atoms with Crippen molar-refractivity contribution in [2.45, 2.75) is 149 Å². The van der Waals surface area contributed by atoms with Crippen molar-refractivity contribution in [3.63, 3.8) is 0 Å². The van der Waals surface area contributed by atoms with E-state index in [4.69, 9.17) is 14.2 Å². The molecule has 1 saturated heterocycles. The van der Waals surface area contributed by atoms with E-state index in [-0.39, 0.29) is 45.1 Å². The first-order valence-electron chi connectivity index (χ1n) is 17.7. The van der Waals surface area contributed by atoms with E-state index >= 15 is 0 Å². The molecular weight excluding hydrogens is 572 g/mol. The molecular formula is C37H60O8. The van der Waals surface area contributed by atoms with Gasteiger partial charge in [0.2, 0.25) is 0 Å². The van der Waals surface area contributed by atoms with Crippen molar-refractivity contribution in [1.29, 1.82) is 0 Å². The predicted molar refractivity (Wildman–Crippen MR) is 170 cm³/mol. The van der Waals surface area contributed by atoms with Gasteiger partial charge < -0.3 is 34.6 Å². The van der Waals surface area contributed by atoms with E-state index in [9.17, 15) is 25.2 Å². The Hall–Kier alpha value is -1.03. The van der Waals surface area contributed by atoms with Crippen LogP contribution in [0.1, 0.15) is 113 Å². The van der Waals surface area contributed by atoms with Gasteiger partial charge in [0.05, 0.1) is 25.2 Å². The van der Waals surface area contributed by atoms with Crippen LogP contribution in [0.3, 0.4) is 0 Å². The smallest absolute Gasteiger partial charge is 0.312 e. The number of hydrogen-bond acceptors (Lipinski definition) is 8. The van der Waals surface area contributed by atoms with Gasteiger partial charge in [-0.2, -0.15) is 0 Å². The molecule has 256 valence electrons. The first-order chi connectivity index (χ1) is 20.9. The Bertz CT molecular complexity index is 1190. The highest BCUT2D eigenvalue weighted by Crippen LogP contribution is 2.76. The van der Waals surface area contributed by atoms with Crippen LogP contribution in [0, 0.1) is 50.2 Å². The summed E-state index contributed by atoms with van der Waals surface area (Å²) >= 11 is 0. The second-order valence-electron chi connectivity index (χ2n) is 18.0. The molecule has 0 radical (unpaired) electrons. The Balaban J connectivity index is 1.29. The first kappa shape index (κ1) is 33.9. The number of carbonyl (C=O) groups is 1. The number of ether oxygens (including phenoxy) is 3. The maximum atomic E-state index is 13.5. The molecule has 13 atom stereocenters. The van der Waals surface area contributed by atoms with Crippen LogP contribution in [0.25, 0.3) is 0 Å². The van der Waals surface area contributed by atoms with Crippen molar-refractivity contribution in [3.05, 3.63) is 11.6 Å². The van der Waals surface area contributed by atoms with Crippen LogP contribution < -0.4 is 0 Å². The lowest BCUT2D eigenvalue weighted by atomic mass is 9.33. The molecule has 0 aromatic heterocycles. The van der Waals surface area contributed by atoms with Crippen LogP contribution in [-0.2, 0) is 19.0 Å². The van der Waals surface area contributed by atoms with Crippen LogP contribution in [0.5, 0.6) is 0 Å². The average molecular weight is 633 g/mol. The highest BCUT2D eigenvalue weighted by atomic mass is 16.7. The molecule has 0 aromatic rings. The van der Waals surface area contributed by atoms with Crippen LogP contribution >= 0.6 is 0 Å². The van der Waals surface area contributed by atoms with Gasteiger partial charge >= 0.3 is 5.97 Å². The van der Waals surface area contributed by atoms with Crippen molar-refractivity contribution in [2.75, 3.05) is 13.7 Å². The summed E-state index contributed by atoms with van der Waals surface area (Å²) in [4.78, 5) is 13.5. The number of aliphatic hydroxyl groups is 4. The lowest BCUT2D eigenvalue weighted by Gasteiger charge is -2.71. The van der Waals surface area contributed by atoms with Gasteiger partial charge in [-0.1, -0.05) is 60.1 Å². The Morgan fingerprint density at radius 1 is 0.889 bits per heavy atom. The Labute approximate surface area is 270 Å². The molecule has 8 heteroatoms. The normalized spacial score (nSPS) is 51.9. The molecule has 6 rings (SSSR count). The quantitative estimate of drug-likeness (QED) is 0.191. The summed E-state index contributed by atoms with van der Waals surface area (Å²) in [7, 11) is 1.57. The summed E-state index contributed by atoms with van der Waals surface area (Å²) in [6.45, 7) is 16.4. The summed E-state index contributed by atoms with van der Waals surface area (Å²) in [5.74, 6) is 1.10. The molecule has 8 nitrogen and oxygen atoms in total. The van der Waals surface area contributed by atoms with E-state index in [0.717, 1.165) is 64.2 Å². The molecule has 1 aliphatic heterocycles. The average Bonchev–Trinajstić information content (AvgIpc) is 2.98. The van der Waals surface area contributed by atoms with Crippen molar-refractivity contribution >= 4 is 5.97 Å². The van der Waals surface area contributed by atoms with Crippen molar-refractivity contribution < 1.29 is 39.4 Å². The second kappa shape index (κ2) is 11.0. The highest BCUT2D eigenvalue weighted by Gasteiger charge is 2.69. The monoisotopic (exact) mass is 632 g/mol. The molecule has 5 fully saturated rings. The standard InChI is InChI=1S/C37H60O8/c1-32(2)15-17-37(31(42)43-8)18-16-35(6)21(22(37)19-32)9-10-25-34(5)13-12-26(33(3,4)24(34)11-14-36(25,35)7)45-30-29(41)28(40)27(39)23(20-38)44-30/h9,22-30,38-41H,10-20H2,1-8H3/t22-,23+,24-,25+,26-,27+,28-,29+,30-,34-,35+,36+,37-/m0/s1. The van der Waals surface area contributed by atoms with E-state index in [1.165, 1.54) is 5.57 Å². The lowest BCUT2D eigenvalue weighted by Crippen LogP contribution is -2.66. The summed E-state index contributed by atoms with van der Waals surface area (Å²) in [5, 5.41) is 41.1. The second-order valence-corrected chi connectivity index (χ2v) is 18.0. The van der Waals surface area contributed by atoms with Crippen LogP contribution in [-0.4, -0.2) is 76.9 Å². The molecule has 0 spiro atoms. The third-order valence-corrected chi connectivity index (χ3v) is 15.3. The summed E-state index contributed by atoms with van der Waals surface area (Å²) in [6, 6.07) is 0. The SMILES string of the molecule is COC(=O)[C@]12CCC(C)(C)C[C@H]1C1=CC[C@@H]3[C@@]4(C)CC[C@H](O[C@@H]5O[C@H](CO)[C@@H](O)[C@H](O)[C@H]5O)C(C)(C)[C@@H]4CC[C@@]3(C)[C@]1(C)CC2. The zero-order valence-corrected chi connectivity index (χ0v) is 29.0. The van der Waals surface area contributed by atoms with Gasteiger partial charge in [0, 0.05) is 0 Å². The van der Waals surface area contributed by atoms with Crippen molar-refractivity contribution in [1.82, 2.24) is 0 Å². The summed E-state index contributed by atoms with van der Waals surface area (Å²) in [6.07, 6.45) is 5.98. The van der Waals surface area contributed by atoms with E-state index < -0.39 is 42.7 Å². The zero-order chi connectivity index (χ0) is 33.0. The van der Waals surface area contributed by atoms with Gasteiger partial charge in [-0.25, -0.2) is 0 Å². The number of allylic oxidation sites excluding steroid dienone is 2. The van der Waals surface area contributed by atoms with Crippen molar-refractivity contribution in [2.24, 2.45) is 50.2 Å². The summed E-state index contributed by atoms with van der Waals surface area (Å²) in [5.41, 5.74) is 1.32. The minimum Gasteiger partial charge on any atom is -0.469 e.